The van der Waals surface area contributed by atoms with Crippen LogP contribution in [0.2, 0.25) is 0 Å². The molecular formula is C21H23BrN2O3. The second-order valence-corrected chi connectivity index (χ2v) is 7.44. The quantitative estimate of drug-likeness (QED) is 0.710. The smallest absolute Gasteiger partial charge is 0.239 e. The molecular weight excluding hydrogens is 408 g/mol. The number of halogens is 1. The average Bonchev–Trinajstić information content (AvgIpc) is 3.07. The number of aryl methyl sites for hydroxylation is 1. The van der Waals surface area contributed by atoms with Gasteiger partial charge < -0.3 is 15.0 Å². The molecule has 0 saturated carbocycles. The Balaban J connectivity index is 1.64. The summed E-state index contributed by atoms with van der Waals surface area (Å²) in [6.07, 6.45) is 1.48. The predicted molar refractivity (Wildman–Crippen MR) is 109 cm³/mol. The van der Waals surface area contributed by atoms with Crippen molar-refractivity contribution in [3.8, 4) is 5.75 Å². The molecule has 6 heteroatoms. The van der Waals surface area contributed by atoms with Gasteiger partial charge in [0.15, 0.2) is 0 Å². The van der Waals surface area contributed by atoms with Crippen LogP contribution >= 0.6 is 15.9 Å². The lowest BCUT2D eigenvalue weighted by atomic mass is 10.1. The summed E-state index contributed by atoms with van der Waals surface area (Å²) in [6, 6.07) is 13.6. The summed E-state index contributed by atoms with van der Waals surface area (Å²) >= 11 is 3.42. The number of nitrogens with zero attached hydrogens (tertiary/aromatic N) is 1. The Labute approximate surface area is 167 Å². The number of carbonyl (C=O) groups is 2. The molecule has 27 heavy (non-hydrogen) atoms. The monoisotopic (exact) mass is 430 g/mol. The highest BCUT2D eigenvalue weighted by molar-refractivity contribution is 9.10. The first-order valence-electron chi connectivity index (χ1n) is 9.04. The third kappa shape index (κ3) is 4.33. The topological polar surface area (TPSA) is 58.6 Å². The van der Waals surface area contributed by atoms with E-state index in [9.17, 15) is 9.59 Å². The zero-order valence-electron chi connectivity index (χ0n) is 15.5. The van der Waals surface area contributed by atoms with E-state index in [0.717, 1.165) is 22.1 Å². The number of ether oxygens (including phenoxy) is 1. The molecule has 0 bridgehead atoms. The van der Waals surface area contributed by atoms with Gasteiger partial charge in [0.1, 0.15) is 11.7 Å². The Bertz CT molecular complexity index is 836. The normalized spacial score (nSPS) is 16.5. The standard InChI is InChI=1S/C21H23BrN2O3/c1-3-14-4-7-17(8-5-14)24-11-10-18(21(24)26)20(25)23-13-15-12-16(22)6-9-19(15)27-2/h4-9,12,18H,3,10-11,13H2,1-2H3,(H,23,25)/t18-/m1/s1. The molecule has 5 nitrogen and oxygen atoms in total. The molecule has 2 amide bonds. The fourth-order valence-electron chi connectivity index (χ4n) is 3.28. The van der Waals surface area contributed by atoms with Crippen molar-refractivity contribution in [1.82, 2.24) is 5.32 Å². The third-order valence-electron chi connectivity index (χ3n) is 4.87. The molecule has 0 spiro atoms. The lowest BCUT2D eigenvalue weighted by molar-refractivity contribution is -0.132. The van der Waals surface area contributed by atoms with E-state index in [2.05, 4.69) is 28.2 Å². The maximum absolute atomic E-state index is 12.7. The molecule has 2 aromatic carbocycles. The van der Waals surface area contributed by atoms with Gasteiger partial charge in [0, 0.05) is 28.8 Å². The van der Waals surface area contributed by atoms with Crippen LogP contribution in [0, 0.1) is 5.92 Å². The number of hydrogen-bond acceptors (Lipinski definition) is 3. The summed E-state index contributed by atoms with van der Waals surface area (Å²) in [5.74, 6) is -0.324. The molecule has 1 heterocycles. The van der Waals surface area contributed by atoms with Gasteiger partial charge in [0.05, 0.1) is 7.11 Å². The number of rotatable bonds is 6. The van der Waals surface area contributed by atoms with Crippen molar-refractivity contribution in [2.75, 3.05) is 18.6 Å². The molecule has 1 aliphatic rings. The van der Waals surface area contributed by atoms with Crippen LogP contribution in [0.15, 0.2) is 46.9 Å². The van der Waals surface area contributed by atoms with Gasteiger partial charge in [0.2, 0.25) is 11.8 Å². The van der Waals surface area contributed by atoms with E-state index in [-0.39, 0.29) is 11.8 Å². The summed E-state index contributed by atoms with van der Waals surface area (Å²) in [7, 11) is 1.59. The minimum Gasteiger partial charge on any atom is -0.496 e. The Morgan fingerprint density at radius 3 is 2.67 bits per heavy atom. The Hall–Kier alpha value is -2.34. The third-order valence-corrected chi connectivity index (χ3v) is 5.37. The van der Waals surface area contributed by atoms with E-state index in [4.69, 9.17) is 4.74 Å². The zero-order valence-corrected chi connectivity index (χ0v) is 17.1. The SMILES string of the molecule is CCc1ccc(N2CC[C@H](C(=O)NCc3cc(Br)ccc3OC)C2=O)cc1. The van der Waals surface area contributed by atoms with Crippen molar-refractivity contribution in [1.29, 1.82) is 0 Å². The summed E-state index contributed by atoms with van der Waals surface area (Å²) in [4.78, 5) is 27.0. The molecule has 1 fully saturated rings. The Kier molecular flexibility index (Phi) is 6.16. The van der Waals surface area contributed by atoms with Crippen molar-refractivity contribution in [3.05, 3.63) is 58.1 Å². The first-order chi connectivity index (χ1) is 13.0. The molecule has 0 unspecified atom stereocenters. The van der Waals surface area contributed by atoms with Crippen molar-refractivity contribution >= 4 is 33.4 Å². The minimum absolute atomic E-state index is 0.141. The van der Waals surface area contributed by atoms with Crippen LogP contribution in [0.25, 0.3) is 0 Å². The van der Waals surface area contributed by atoms with Gasteiger partial charge in [-0.05, 0) is 48.7 Å². The second kappa shape index (κ2) is 8.57. The van der Waals surface area contributed by atoms with Crippen LogP contribution in [0.3, 0.4) is 0 Å². The van der Waals surface area contributed by atoms with Gasteiger partial charge in [-0.3, -0.25) is 9.59 Å². The van der Waals surface area contributed by atoms with Crippen LogP contribution < -0.4 is 15.0 Å². The maximum Gasteiger partial charge on any atom is 0.239 e. The van der Waals surface area contributed by atoms with E-state index < -0.39 is 5.92 Å². The fourth-order valence-corrected chi connectivity index (χ4v) is 3.69. The number of benzene rings is 2. The minimum atomic E-state index is -0.644. The number of carbonyl (C=O) groups excluding carboxylic acids is 2. The maximum atomic E-state index is 12.7. The predicted octanol–water partition coefficient (Wildman–Crippen LogP) is 3.69. The summed E-state index contributed by atoms with van der Waals surface area (Å²) in [5.41, 5.74) is 2.93. The van der Waals surface area contributed by atoms with Gasteiger partial charge in [-0.15, -0.1) is 0 Å². The van der Waals surface area contributed by atoms with E-state index in [1.165, 1.54) is 5.56 Å². The molecule has 2 aromatic rings. The highest BCUT2D eigenvalue weighted by atomic mass is 79.9. The number of anilines is 1. The molecule has 0 aromatic heterocycles. The molecule has 0 aliphatic carbocycles. The molecule has 1 saturated heterocycles. The van der Waals surface area contributed by atoms with Crippen LogP contribution in [0.1, 0.15) is 24.5 Å². The highest BCUT2D eigenvalue weighted by Gasteiger charge is 2.37. The van der Waals surface area contributed by atoms with Crippen molar-refractivity contribution in [2.45, 2.75) is 26.3 Å². The van der Waals surface area contributed by atoms with Crippen molar-refractivity contribution in [2.24, 2.45) is 5.92 Å². The first kappa shape index (κ1) is 19.4. The van der Waals surface area contributed by atoms with Crippen LogP contribution in [-0.4, -0.2) is 25.5 Å². The molecule has 1 atom stereocenters. The van der Waals surface area contributed by atoms with Gasteiger partial charge >= 0.3 is 0 Å². The number of nitrogens with one attached hydrogen (secondary N) is 1. The Morgan fingerprint density at radius 1 is 1.26 bits per heavy atom. The summed E-state index contributed by atoms with van der Waals surface area (Å²) in [5, 5.41) is 2.88. The molecule has 142 valence electrons. The molecule has 1 aliphatic heterocycles. The van der Waals surface area contributed by atoms with E-state index in [1.807, 2.05) is 42.5 Å². The van der Waals surface area contributed by atoms with Crippen LogP contribution in [0.5, 0.6) is 5.75 Å². The number of hydrogen-bond donors (Lipinski definition) is 1. The van der Waals surface area contributed by atoms with Crippen LogP contribution in [-0.2, 0) is 22.6 Å². The summed E-state index contributed by atoms with van der Waals surface area (Å²) in [6.45, 7) is 2.97. The molecule has 0 radical (unpaired) electrons. The van der Waals surface area contributed by atoms with E-state index >= 15 is 0 Å². The van der Waals surface area contributed by atoms with E-state index in [0.29, 0.717) is 25.3 Å². The van der Waals surface area contributed by atoms with Gasteiger partial charge in [-0.2, -0.15) is 0 Å². The van der Waals surface area contributed by atoms with Crippen molar-refractivity contribution < 1.29 is 14.3 Å². The Morgan fingerprint density at radius 2 is 2.00 bits per heavy atom. The fraction of sp³-hybridized carbons (Fsp3) is 0.333. The number of methoxy groups -OCH3 is 1. The van der Waals surface area contributed by atoms with Gasteiger partial charge in [-0.1, -0.05) is 35.0 Å². The average molecular weight is 431 g/mol. The molecule has 3 rings (SSSR count). The zero-order chi connectivity index (χ0) is 19.4. The van der Waals surface area contributed by atoms with Gasteiger partial charge in [-0.25, -0.2) is 0 Å². The highest BCUT2D eigenvalue weighted by Crippen LogP contribution is 2.27. The largest absolute Gasteiger partial charge is 0.496 e. The number of amides is 2. The first-order valence-corrected chi connectivity index (χ1v) is 9.83. The second-order valence-electron chi connectivity index (χ2n) is 6.53. The molecule has 1 N–H and O–H groups in total. The lowest BCUT2D eigenvalue weighted by Gasteiger charge is -2.17. The lowest BCUT2D eigenvalue weighted by Crippen LogP contribution is -2.36. The van der Waals surface area contributed by atoms with Crippen LogP contribution in [0.4, 0.5) is 5.69 Å². The summed E-state index contributed by atoms with van der Waals surface area (Å²) < 4.78 is 6.23. The van der Waals surface area contributed by atoms with E-state index in [1.54, 1.807) is 12.0 Å². The van der Waals surface area contributed by atoms with Crippen molar-refractivity contribution in [3.63, 3.8) is 0 Å². The van der Waals surface area contributed by atoms with Gasteiger partial charge in [0.25, 0.3) is 0 Å².